The molecule has 1 aromatic heterocycles. The molecule has 1 N–H and O–H groups in total. The van der Waals surface area contributed by atoms with Gasteiger partial charge in [0, 0.05) is 12.2 Å². The van der Waals surface area contributed by atoms with Crippen molar-refractivity contribution in [3.63, 3.8) is 0 Å². The van der Waals surface area contributed by atoms with Crippen LogP contribution in [0.3, 0.4) is 0 Å². The third kappa shape index (κ3) is 2.12. The van der Waals surface area contributed by atoms with Crippen LogP contribution in [0, 0.1) is 0 Å². The van der Waals surface area contributed by atoms with Gasteiger partial charge in [-0.1, -0.05) is 12.8 Å². The third-order valence-corrected chi connectivity index (χ3v) is 3.53. The maximum Gasteiger partial charge on any atom is 0.341 e. The number of hydrogen-bond acceptors (Lipinski definition) is 2. The Morgan fingerprint density at radius 2 is 2.06 bits per heavy atom. The Hall–Kier alpha value is -1.58. The van der Waals surface area contributed by atoms with E-state index in [1.807, 2.05) is 13.0 Å². The van der Waals surface area contributed by atoms with Gasteiger partial charge in [0.1, 0.15) is 5.56 Å². The quantitative estimate of drug-likeness (QED) is 0.873. The summed E-state index contributed by atoms with van der Waals surface area (Å²) in [6.07, 6.45) is 4.60. The van der Waals surface area contributed by atoms with Crippen molar-refractivity contribution in [1.82, 2.24) is 4.57 Å². The highest BCUT2D eigenvalue weighted by Gasteiger charge is 2.22. The molecular formula is C13H17NO3. The van der Waals surface area contributed by atoms with Gasteiger partial charge in [-0.2, -0.15) is 0 Å². The number of carboxylic acids is 1. The number of rotatable bonds is 3. The molecule has 0 atom stereocenters. The Labute approximate surface area is 99.9 Å². The van der Waals surface area contributed by atoms with Crippen molar-refractivity contribution in [3.05, 3.63) is 33.7 Å². The normalized spacial score (nSPS) is 16.3. The second kappa shape index (κ2) is 4.73. The van der Waals surface area contributed by atoms with Crippen LogP contribution in [0.2, 0.25) is 0 Å². The Morgan fingerprint density at radius 3 is 2.59 bits per heavy atom. The second-order valence-electron chi connectivity index (χ2n) is 4.51. The van der Waals surface area contributed by atoms with Gasteiger partial charge in [0.2, 0.25) is 0 Å². The van der Waals surface area contributed by atoms with Crippen LogP contribution >= 0.6 is 0 Å². The fourth-order valence-electron chi connectivity index (χ4n) is 2.66. The minimum Gasteiger partial charge on any atom is -0.477 e. The molecule has 92 valence electrons. The van der Waals surface area contributed by atoms with E-state index in [-0.39, 0.29) is 11.1 Å². The highest BCUT2D eigenvalue weighted by atomic mass is 16.4. The molecule has 1 aliphatic carbocycles. The Balaban J connectivity index is 2.50. The summed E-state index contributed by atoms with van der Waals surface area (Å²) >= 11 is 0. The minimum absolute atomic E-state index is 0.131. The van der Waals surface area contributed by atoms with Crippen LogP contribution in [0.15, 0.2) is 16.9 Å². The predicted molar refractivity (Wildman–Crippen MR) is 64.5 cm³/mol. The van der Waals surface area contributed by atoms with Crippen LogP contribution in [-0.2, 0) is 6.54 Å². The molecule has 1 aromatic rings. The fourth-order valence-corrected chi connectivity index (χ4v) is 2.66. The van der Waals surface area contributed by atoms with Gasteiger partial charge in [-0.25, -0.2) is 4.79 Å². The highest BCUT2D eigenvalue weighted by molar-refractivity contribution is 5.87. The molecule has 4 nitrogen and oxygen atoms in total. The van der Waals surface area contributed by atoms with Gasteiger partial charge in [-0.15, -0.1) is 0 Å². The molecule has 0 aliphatic heterocycles. The summed E-state index contributed by atoms with van der Waals surface area (Å²) in [7, 11) is 0. The van der Waals surface area contributed by atoms with E-state index in [4.69, 9.17) is 5.11 Å². The first-order valence-electron chi connectivity index (χ1n) is 6.12. The molecule has 0 aromatic carbocycles. The van der Waals surface area contributed by atoms with E-state index in [1.54, 1.807) is 4.57 Å². The van der Waals surface area contributed by atoms with Gasteiger partial charge < -0.3 is 9.67 Å². The van der Waals surface area contributed by atoms with Crippen molar-refractivity contribution in [1.29, 1.82) is 0 Å². The summed E-state index contributed by atoms with van der Waals surface area (Å²) in [6.45, 7) is 2.41. The number of pyridine rings is 1. The van der Waals surface area contributed by atoms with Gasteiger partial charge in [-0.05, 0) is 37.8 Å². The van der Waals surface area contributed by atoms with Crippen LogP contribution in [0.5, 0.6) is 0 Å². The largest absolute Gasteiger partial charge is 0.477 e. The van der Waals surface area contributed by atoms with Crippen molar-refractivity contribution < 1.29 is 9.90 Å². The van der Waals surface area contributed by atoms with E-state index >= 15 is 0 Å². The van der Waals surface area contributed by atoms with Crippen LogP contribution in [0.4, 0.5) is 0 Å². The summed E-state index contributed by atoms with van der Waals surface area (Å²) in [5, 5.41) is 8.93. The monoisotopic (exact) mass is 235 g/mol. The highest BCUT2D eigenvalue weighted by Crippen LogP contribution is 2.33. The Kier molecular flexibility index (Phi) is 3.31. The molecule has 1 heterocycles. The minimum atomic E-state index is -1.14. The van der Waals surface area contributed by atoms with Gasteiger partial charge in [0.05, 0.1) is 0 Å². The van der Waals surface area contributed by atoms with Crippen LogP contribution in [-0.4, -0.2) is 15.6 Å². The molecule has 0 radical (unpaired) electrons. The molecule has 2 rings (SSSR count). The number of aromatic carboxylic acids is 1. The molecule has 0 bridgehead atoms. The van der Waals surface area contributed by atoms with Crippen molar-refractivity contribution in [2.24, 2.45) is 0 Å². The number of hydrogen-bond donors (Lipinski definition) is 1. The van der Waals surface area contributed by atoms with Crippen molar-refractivity contribution >= 4 is 5.97 Å². The lowest BCUT2D eigenvalue weighted by Crippen LogP contribution is -2.29. The average Bonchev–Trinajstić information content (AvgIpc) is 2.81. The van der Waals surface area contributed by atoms with E-state index in [2.05, 4.69) is 0 Å². The van der Waals surface area contributed by atoms with E-state index in [0.29, 0.717) is 12.5 Å². The lowest BCUT2D eigenvalue weighted by Gasteiger charge is -2.16. The first-order valence-corrected chi connectivity index (χ1v) is 6.12. The van der Waals surface area contributed by atoms with Crippen LogP contribution < -0.4 is 5.56 Å². The van der Waals surface area contributed by atoms with Crippen molar-refractivity contribution in [2.75, 3.05) is 0 Å². The average molecular weight is 235 g/mol. The molecule has 0 unspecified atom stereocenters. The maximum atomic E-state index is 12.0. The fraction of sp³-hybridized carbons (Fsp3) is 0.538. The van der Waals surface area contributed by atoms with Crippen LogP contribution in [0.25, 0.3) is 0 Å². The zero-order chi connectivity index (χ0) is 12.4. The van der Waals surface area contributed by atoms with Gasteiger partial charge >= 0.3 is 5.97 Å². The topological polar surface area (TPSA) is 59.3 Å². The smallest absolute Gasteiger partial charge is 0.341 e. The third-order valence-electron chi connectivity index (χ3n) is 3.53. The first kappa shape index (κ1) is 11.9. The molecule has 1 aliphatic rings. The molecule has 1 fully saturated rings. The molecule has 17 heavy (non-hydrogen) atoms. The predicted octanol–water partition coefficient (Wildman–Crippen LogP) is 2.22. The lowest BCUT2D eigenvalue weighted by atomic mass is 10.0. The molecular weight excluding hydrogens is 218 g/mol. The van der Waals surface area contributed by atoms with Gasteiger partial charge in [-0.3, -0.25) is 4.79 Å². The summed E-state index contributed by atoms with van der Waals surface area (Å²) < 4.78 is 1.61. The van der Waals surface area contributed by atoms with Gasteiger partial charge in [0.25, 0.3) is 5.56 Å². The van der Waals surface area contributed by atoms with E-state index in [9.17, 15) is 9.59 Å². The first-order chi connectivity index (χ1) is 8.15. The van der Waals surface area contributed by atoms with E-state index in [1.165, 1.54) is 18.9 Å². The molecule has 0 amide bonds. The van der Waals surface area contributed by atoms with E-state index in [0.717, 1.165) is 18.5 Å². The Morgan fingerprint density at radius 1 is 1.41 bits per heavy atom. The summed E-state index contributed by atoms with van der Waals surface area (Å²) in [5.41, 5.74) is 0.498. The second-order valence-corrected chi connectivity index (χ2v) is 4.51. The molecule has 4 heteroatoms. The number of nitrogens with zero attached hydrogens (tertiary/aromatic N) is 1. The maximum absolute atomic E-state index is 12.0. The van der Waals surface area contributed by atoms with E-state index < -0.39 is 5.97 Å². The van der Waals surface area contributed by atoms with Crippen LogP contribution in [0.1, 0.15) is 54.6 Å². The standard InChI is InChI=1S/C13H17NO3/c1-2-14-11(9-5-3-4-6-9)8-7-10(12(14)15)13(16)17/h7-9H,2-6H2,1H3,(H,16,17). The number of carbonyl (C=O) groups is 1. The molecule has 0 saturated heterocycles. The SMILES string of the molecule is CCn1c(C2CCCC2)ccc(C(=O)O)c1=O. The van der Waals surface area contributed by atoms with Crippen molar-refractivity contribution in [3.8, 4) is 0 Å². The Bertz CT molecular complexity index is 484. The molecule has 1 saturated carbocycles. The van der Waals surface area contributed by atoms with Crippen molar-refractivity contribution in [2.45, 2.75) is 45.1 Å². The zero-order valence-electron chi connectivity index (χ0n) is 9.98. The summed E-state index contributed by atoms with van der Waals surface area (Å²) in [4.78, 5) is 22.9. The number of carboxylic acid groups (broad SMARTS) is 1. The number of aromatic nitrogens is 1. The summed E-state index contributed by atoms with van der Waals surface area (Å²) in [5.74, 6) is -0.722. The van der Waals surface area contributed by atoms with Gasteiger partial charge in [0.15, 0.2) is 0 Å². The zero-order valence-corrected chi connectivity index (χ0v) is 9.98. The molecule has 0 spiro atoms. The lowest BCUT2D eigenvalue weighted by molar-refractivity contribution is 0.0694. The summed E-state index contributed by atoms with van der Waals surface area (Å²) in [6, 6.07) is 3.26.